The summed E-state index contributed by atoms with van der Waals surface area (Å²) in [5, 5.41) is 3.08. The molecule has 1 aromatic carbocycles. The van der Waals surface area contributed by atoms with Crippen LogP contribution in [0.3, 0.4) is 0 Å². The molecule has 8 nitrogen and oxygen atoms in total. The summed E-state index contributed by atoms with van der Waals surface area (Å²) in [4.78, 5) is 19.8. The van der Waals surface area contributed by atoms with Crippen LogP contribution in [0.5, 0.6) is 0 Å². The summed E-state index contributed by atoms with van der Waals surface area (Å²) in [7, 11) is -3.74. The fourth-order valence-electron chi connectivity index (χ4n) is 4.55. The smallest absolute Gasteiger partial charge is 0.335 e. The van der Waals surface area contributed by atoms with Crippen LogP contribution in [0.2, 0.25) is 5.15 Å². The number of sulfone groups is 1. The van der Waals surface area contributed by atoms with E-state index >= 15 is 0 Å². The summed E-state index contributed by atoms with van der Waals surface area (Å²) < 4.78 is 32.3. The second kappa shape index (κ2) is 15.3. The summed E-state index contributed by atoms with van der Waals surface area (Å²) in [6.07, 6.45) is 14.8. The lowest BCUT2D eigenvalue weighted by Crippen LogP contribution is -2.21. The second-order valence-corrected chi connectivity index (χ2v) is 12.1. The average molecular weight is 565 g/mol. The van der Waals surface area contributed by atoms with Gasteiger partial charge in [-0.05, 0) is 18.4 Å². The first-order chi connectivity index (χ1) is 18.3. The molecule has 0 unspecified atom stereocenters. The Labute approximate surface area is 231 Å². The van der Waals surface area contributed by atoms with Crippen molar-refractivity contribution >= 4 is 33.0 Å². The number of nitrogens with one attached hydrogen (secondary N) is 2. The quantitative estimate of drug-likeness (QED) is 0.171. The molecule has 2 heterocycles. The van der Waals surface area contributed by atoms with Crippen LogP contribution in [0, 0.1) is 0 Å². The lowest BCUT2D eigenvalue weighted by molar-refractivity contribution is 0.129. The monoisotopic (exact) mass is 564 g/mol. The Bertz CT molecular complexity index is 1310. The van der Waals surface area contributed by atoms with Crippen molar-refractivity contribution in [1.82, 2.24) is 14.4 Å². The molecule has 0 bridgehead atoms. The maximum Gasteiger partial charge on any atom is 0.335 e. The van der Waals surface area contributed by atoms with Crippen LogP contribution in [0.15, 0.2) is 40.0 Å². The highest BCUT2D eigenvalue weighted by atomic mass is 35.5. The number of H-pyrrole nitrogens is 1. The second-order valence-electron chi connectivity index (χ2n) is 9.76. The number of nitrogens with zero attached hydrogens (tertiary/aromatic N) is 2. The molecule has 10 heteroatoms. The first-order valence-electron chi connectivity index (χ1n) is 13.8. The lowest BCUT2D eigenvalue weighted by Gasteiger charge is -2.07. The van der Waals surface area contributed by atoms with Crippen molar-refractivity contribution in [3.8, 4) is 11.1 Å². The van der Waals surface area contributed by atoms with E-state index in [9.17, 15) is 13.2 Å². The van der Waals surface area contributed by atoms with Gasteiger partial charge in [0.1, 0.15) is 10.0 Å². The number of aromatic amines is 1. The van der Waals surface area contributed by atoms with Gasteiger partial charge in [-0.25, -0.2) is 17.6 Å². The molecule has 210 valence electrons. The zero-order chi connectivity index (χ0) is 27.4. The highest BCUT2D eigenvalue weighted by Gasteiger charge is 2.28. The zero-order valence-corrected chi connectivity index (χ0v) is 24.2. The molecule has 0 aliphatic carbocycles. The van der Waals surface area contributed by atoms with Crippen LogP contribution in [0.1, 0.15) is 77.6 Å². The molecule has 3 aromatic rings. The van der Waals surface area contributed by atoms with E-state index in [1.54, 1.807) is 24.3 Å². The van der Waals surface area contributed by atoms with E-state index in [-0.39, 0.29) is 27.2 Å². The van der Waals surface area contributed by atoms with Gasteiger partial charge in [0.15, 0.2) is 15.5 Å². The first kappa shape index (κ1) is 30.2. The van der Waals surface area contributed by atoms with Crippen molar-refractivity contribution in [2.75, 3.05) is 31.3 Å². The first-order valence-corrected chi connectivity index (χ1v) is 16.0. The van der Waals surface area contributed by atoms with Crippen molar-refractivity contribution in [3.63, 3.8) is 0 Å². The summed E-state index contributed by atoms with van der Waals surface area (Å²) >= 11 is 6.51. The van der Waals surface area contributed by atoms with Crippen molar-refractivity contribution in [2.45, 2.75) is 82.4 Å². The fraction of sp³-hybridized carbons (Fsp3) is 0.571. The van der Waals surface area contributed by atoms with Gasteiger partial charge in [0.2, 0.25) is 5.95 Å². The number of anilines is 1. The third-order valence-corrected chi connectivity index (χ3v) is 8.01. The van der Waals surface area contributed by atoms with E-state index in [0.717, 1.165) is 30.1 Å². The highest BCUT2D eigenvalue weighted by molar-refractivity contribution is 7.91. The van der Waals surface area contributed by atoms with Crippen molar-refractivity contribution < 1.29 is 13.2 Å². The minimum Gasteiger partial charge on any atom is -0.381 e. The molecule has 0 aliphatic heterocycles. The number of ether oxygens (including phenoxy) is 1. The van der Waals surface area contributed by atoms with Gasteiger partial charge in [0, 0.05) is 31.6 Å². The van der Waals surface area contributed by atoms with Gasteiger partial charge in [-0.3, -0.25) is 4.98 Å². The minimum absolute atomic E-state index is 0.000174. The van der Waals surface area contributed by atoms with Crippen LogP contribution in [0.25, 0.3) is 16.8 Å². The van der Waals surface area contributed by atoms with E-state index in [1.165, 1.54) is 57.8 Å². The SMILES string of the molecule is CCCCCCCCCCCCOCCCNc1nc2c(S(C)(=O)=O)c(-c3ccccc3)c(Cl)n2c(=O)[nH]1. The molecule has 2 N–H and O–H groups in total. The molecule has 0 saturated heterocycles. The minimum atomic E-state index is -3.74. The molecular formula is C28H41ClN4O4S. The van der Waals surface area contributed by atoms with Crippen molar-refractivity contribution in [3.05, 3.63) is 46.0 Å². The molecule has 0 spiro atoms. The number of unbranched alkanes of at least 4 members (excludes halogenated alkanes) is 9. The zero-order valence-electron chi connectivity index (χ0n) is 22.6. The lowest BCUT2D eigenvalue weighted by atomic mass is 10.1. The van der Waals surface area contributed by atoms with Crippen LogP contribution < -0.4 is 11.0 Å². The third kappa shape index (κ3) is 8.58. The van der Waals surface area contributed by atoms with Crippen LogP contribution in [-0.4, -0.2) is 48.8 Å². The van der Waals surface area contributed by atoms with Gasteiger partial charge in [-0.2, -0.15) is 4.98 Å². The predicted octanol–water partition coefficient (Wildman–Crippen LogP) is 6.49. The summed E-state index contributed by atoms with van der Waals surface area (Å²) in [6, 6.07) is 8.88. The fourth-order valence-corrected chi connectivity index (χ4v) is 6.02. The van der Waals surface area contributed by atoms with Crippen LogP contribution >= 0.6 is 11.6 Å². The maximum atomic E-state index is 12.8. The molecule has 0 saturated carbocycles. The summed E-state index contributed by atoms with van der Waals surface area (Å²) in [5.41, 5.74) is 0.300. The Kier molecular flexibility index (Phi) is 12.1. The molecular weight excluding hydrogens is 524 g/mol. The van der Waals surface area contributed by atoms with E-state index < -0.39 is 15.5 Å². The normalized spacial score (nSPS) is 11.9. The topological polar surface area (TPSA) is 106 Å². The standard InChI is InChI=1S/C28H41ClN4O4S/c1-3-4-5-6-7-8-9-10-11-15-20-37-21-16-19-30-27-31-26-24(38(2,35)36)23(22-17-13-12-14-18-22)25(29)33(26)28(34)32-27/h12-14,17-18H,3-11,15-16,19-21H2,1-2H3,(H2,30,31,32,34). The number of hydrogen-bond donors (Lipinski definition) is 2. The molecule has 0 fully saturated rings. The molecule has 0 radical (unpaired) electrons. The number of halogens is 1. The predicted molar refractivity (Wildman–Crippen MR) is 155 cm³/mol. The Morgan fingerprint density at radius 2 is 1.55 bits per heavy atom. The Hall–Kier alpha value is -2.36. The average Bonchev–Trinajstić information content (AvgIpc) is 3.20. The van der Waals surface area contributed by atoms with Gasteiger partial charge in [-0.1, -0.05) is 107 Å². The van der Waals surface area contributed by atoms with Crippen molar-refractivity contribution in [2.24, 2.45) is 0 Å². The Balaban J connectivity index is 1.47. The van der Waals surface area contributed by atoms with E-state index in [4.69, 9.17) is 16.3 Å². The molecule has 0 aliphatic rings. The molecule has 38 heavy (non-hydrogen) atoms. The van der Waals surface area contributed by atoms with Crippen LogP contribution in [-0.2, 0) is 14.6 Å². The summed E-state index contributed by atoms with van der Waals surface area (Å²) in [5.74, 6) is 0.191. The van der Waals surface area contributed by atoms with E-state index in [1.807, 2.05) is 6.07 Å². The summed E-state index contributed by atoms with van der Waals surface area (Å²) in [6.45, 7) is 4.12. The Morgan fingerprint density at radius 1 is 0.947 bits per heavy atom. The van der Waals surface area contributed by atoms with Gasteiger partial charge in [0.25, 0.3) is 0 Å². The molecule has 0 atom stereocenters. The molecule has 2 aromatic heterocycles. The third-order valence-electron chi connectivity index (χ3n) is 6.52. The highest BCUT2D eigenvalue weighted by Crippen LogP contribution is 2.38. The number of hydrogen-bond acceptors (Lipinski definition) is 6. The van der Waals surface area contributed by atoms with Crippen LogP contribution in [0.4, 0.5) is 5.95 Å². The Morgan fingerprint density at radius 3 is 2.18 bits per heavy atom. The molecule has 3 rings (SSSR count). The van der Waals surface area contributed by atoms with Crippen molar-refractivity contribution in [1.29, 1.82) is 0 Å². The number of benzene rings is 1. The van der Waals surface area contributed by atoms with Gasteiger partial charge >= 0.3 is 5.69 Å². The van der Waals surface area contributed by atoms with Gasteiger partial charge in [0.05, 0.1) is 0 Å². The molecule has 0 amide bonds. The van der Waals surface area contributed by atoms with E-state index in [2.05, 4.69) is 22.2 Å². The number of fused-ring (bicyclic) bond motifs is 1. The van der Waals surface area contributed by atoms with E-state index in [0.29, 0.717) is 18.7 Å². The van der Waals surface area contributed by atoms with Gasteiger partial charge < -0.3 is 10.1 Å². The maximum absolute atomic E-state index is 12.8. The largest absolute Gasteiger partial charge is 0.381 e. The number of rotatable bonds is 18. The van der Waals surface area contributed by atoms with Gasteiger partial charge in [-0.15, -0.1) is 0 Å². The number of aromatic nitrogens is 3.